The number of rotatable bonds is 6. The van der Waals surface area contributed by atoms with Crippen LogP contribution < -0.4 is 5.32 Å². The Labute approximate surface area is 133 Å². The van der Waals surface area contributed by atoms with E-state index >= 15 is 0 Å². The Morgan fingerprint density at radius 3 is 2.67 bits per heavy atom. The van der Waals surface area contributed by atoms with Crippen molar-refractivity contribution in [3.8, 4) is 0 Å². The first-order valence-electron chi connectivity index (χ1n) is 6.66. The zero-order chi connectivity index (χ0) is 16.0. The molecule has 1 N–H and O–H groups in total. The summed E-state index contributed by atoms with van der Waals surface area (Å²) >= 11 is 3.42. The summed E-state index contributed by atoms with van der Waals surface area (Å²) in [4.78, 5) is 25.1. The molecule has 0 fully saturated rings. The van der Waals surface area contributed by atoms with Gasteiger partial charge in [0, 0.05) is 16.7 Å². The quantitative estimate of drug-likeness (QED) is 0.795. The predicted molar refractivity (Wildman–Crippen MR) is 86.2 cm³/mol. The Morgan fingerprint density at radius 2 is 2.10 bits per heavy atom. The number of amides is 1. The topological polar surface area (TPSA) is 58.6 Å². The molecule has 0 saturated heterocycles. The van der Waals surface area contributed by atoms with Crippen LogP contribution in [0.2, 0.25) is 0 Å². The molecule has 1 amide bonds. The van der Waals surface area contributed by atoms with Crippen LogP contribution in [-0.4, -0.2) is 44.0 Å². The van der Waals surface area contributed by atoms with Gasteiger partial charge in [-0.15, -0.1) is 0 Å². The van der Waals surface area contributed by atoms with Gasteiger partial charge < -0.3 is 10.1 Å². The fraction of sp³-hybridized carbons (Fsp3) is 0.467. The van der Waals surface area contributed by atoms with Gasteiger partial charge in [0.2, 0.25) is 5.91 Å². The maximum absolute atomic E-state index is 12.0. The molecule has 0 aromatic heterocycles. The largest absolute Gasteiger partial charge is 0.469 e. The summed E-state index contributed by atoms with van der Waals surface area (Å²) in [5.74, 6) is -0.648. The summed E-state index contributed by atoms with van der Waals surface area (Å²) in [6.07, 6.45) is 0. The van der Waals surface area contributed by atoms with Crippen molar-refractivity contribution in [1.82, 2.24) is 4.90 Å². The van der Waals surface area contributed by atoms with E-state index < -0.39 is 0 Å². The SMILES string of the molecule is COC(=O)C(C)CN(C)CC(=O)Nc1ccc(Br)c(C)c1. The zero-order valence-electron chi connectivity index (χ0n) is 12.8. The molecule has 0 radical (unpaired) electrons. The molecule has 0 spiro atoms. The van der Waals surface area contributed by atoms with E-state index in [1.807, 2.05) is 25.1 Å². The number of benzene rings is 1. The van der Waals surface area contributed by atoms with E-state index in [2.05, 4.69) is 26.0 Å². The van der Waals surface area contributed by atoms with Gasteiger partial charge in [-0.3, -0.25) is 14.5 Å². The van der Waals surface area contributed by atoms with Gasteiger partial charge in [-0.25, -0.2) is 0 Å². The smallest absolute Gasteiger partial charge is 0.309 e. The van der Waals surface area contributed by atoms with Gasteiger partial charge in [0.15, 0.2) is 0 Å². The normalized spacial score (nSPS) is 12.1. The molecule has 0 aliphatic heterocycles. The van der Waals surface area contributed by atoms with Gasteiger partial charge in [-0.1, -0.05) is 22.9 Å². The molecular formula is C15H21BrN2O3. The fourth-order valence-corrected chi connectivity index (χ4v) is 2.22. The Bertz CT molecular complexity index is 520. The van der Waals surface area contributed by atoms with E-state index in [1.165, 1.54) is 7.11 Å². The van der Waals surface area contributed by atoms with Gasteiger partial charge in [-0.2, -0.15) is 0 Å². The van der Waals surface area contributed by atoms with Crippen molar-refractivity contribution in [3.05, 3.63) is 28.2 Å². The Hall–Kier alpha value is -1.40. The number of carbonyl (C=O) groups excluding carboxylic acids is 2. The van der Waals surface area contributed by atoms with Crippen molar-refractivity contribution >= 4 is 33.5 Å². The van der Waals surface area contributed by atoms with E-state index in [0.717, 1.165) is 15.7 Å². The van der Waals surface area contributed by atoms with Crippen LogP contribution >= 0.6 is 15.9 Å². The van der Waals surface area contributed by atoms with Crippen LogP contribution in [0.5, 0.6) is 0 Å². The number of hydrogen-bond acceptors (Lipinski definition) is 4. The van der Waals surface area contributed by atoms with Crippen LogP contribution in [0.4, 0.5) is 5.69 Å². The van der Waals surface area contributed by atoms with Crippen LogP contribution in [0.3, 0.4) is 0 Å². The van der Waals surface area contributed by atoms with E-state index in [4.69, 9.17) is 0 Å². The third-order valence-electron chi connectivity index (χ3n) is 3.04. The third-order valence-corrected chi connectivity index (χ3v) is 3.93. The molecule has 21 heavy (non-hydrogen) atoms. The molecule has 1 aromatic rings. The van der Waals surface area contributed by atoms with Gasteiger partial charge in [0.25, 0.3) is 0 Å². The molecule has 116 valence electrons. The standard InChI is InChI=1S/C15H21BrN2O3/c1-10-7-12(5-6-13(10)16)17-14(19)9-18(3)8-11(2)15(20)21-4/h5-7,11H,8-9H2,1-4H3,(H,17,19). The number of halogens is 1. The molecule has 1 unspecified atom stereocenters. The molecule has 5 nitrogen and oxygen atoms in total. The second-order valence-corrected chi connectivity index (χ2v) is 5.99. The molecule has 0 aliphatic carbocycles. The lowest BCUT2D eigenvalue weighted by atomic mass is 10.2. The Kier molecular flexibility index (Phi) is 6.84. The molecule has 0 aliphatic rings. The molecule has 1 atom stereocenters. The minimum Gasteiger partial charge on any atom is -0.469 e. The van der Waals surface area contributed by atoms with E-state index in [-0.39, 0.29) is 24.3 Å². The number of anilines is 1. The average Bonchev–Trinajstić information content (AvgIpc) is 2.41. The lowest BCUT2D eigenvalue weighted by Gasteiger charge is -2.19. The summed E-state index contributed by atoms with van der Waals surface area (Å²) in [6.45, 7) is 4.43. The lowest BCUT2D eigenvalue weighted by Crippen LogP contribution is -2.35. The molecule has 1 rings (SSSR count). The van der Waals surface area contributed by atoms with Crippen molar-refractivity contribution < 1.29 is 14.3 Å². The van der Waals surface area contributed by atoms with E-state index in [1.54, 1.807) is 18.9 Å². The summed E-state index contributed by atoms with van der Waals surface area (Å²) in [7, 11) is 3.16. The van der Waals surface area contributed by atoms with E-state index in [0.29, 0.717) is 6.54 Å². The number of likely N-dealkylation sites (N-methyl/N-ethyl adjacent to an activating group) is 1. The van der Waals surface area contributed by atoms with Gasteiger partial charge in [-0.05, 0) is 37.7 Å². The number of aryl methyl sites for hydroxylation is 1. The minimum absolute atomic E-state index is 0.115. The highest BCUT2D eigenvalue weighted by molar-refractivity contribution is 9.10. The lowest BCUT2D eigenvalue weighted by molar-refractivity contribution is -0.145. The molecular weight excluding hydrogens is 336 g/mol. The van der Waals surface area contributed by atoms with Crippen LogP contribution in [0.1, 0.15) is 12.5 Å². The van der Waals surface area contributed by atoms with Crippen LogP contribution in [0, 0.1) is 12.8 Å². The average molecular weight is 357 g/mol. The molecule has 1 aromatic carbocycles. The third kappa shape index (κ3) is 5.85. The molecule has 0 heterocycles. The minimum atomic E-state index is -0.272. The van der Waals surface area contributed by atoms with Gasteiger partial charge in [0.1, 0.15) is 0 Å². The first kappa shape index (κ1) is 17.7. The highest BCUT2D eigenvalue weighted by Gasteiger charge is 2.17. The number of carbonyl (C=O) groups is 2. The number of ether oxygens (including phenoxy) is 1. The highest BCUT2D eigenvalue weighted by atomic mass is 79.9. The highest BCUT2D eigenvalue weighted by Crippen LogP contribution is 2.19. The maximum atomic E-state index is 12.0. The van der Waals surface area contributed by atoms with Crippen molar-refractivity contribution in [1.29, 1.82) is 0 Å². The van der Waals surface area contributed by atoms with Crippen molar-refractivity contribution in [2.75, 3.05) is 32.6 Å². The molecule has 0 bridgehead atoms. The first-order chi connectivity index (χ1) is 9.83. The van der Waals surface area contributed by atoms with Crippen molar-refractivity contribution in [2.24, 2.45) is 5.92 Å². The molecule has 0 saturated carbocycles. The zero-order valence-corrected chi connectivity index (χ0v) is 14.4. The number of esters is 1. The molecule has 6 heteroatoms. The number of nitrogens with zero attached hydrogens (tertiary/aromatic N) is 1. The number of nitrogens with one attached hydrogen (secondary N) is 1. The van der Waals surface area contributed by atoms with Crippen molar-refractivity contribution in [2.45, 2.75) is 13.8 Å². The maximum Gasteiger partial charge on any atom is 0.309 e. The van der Waals surface area contributed by atoms with Crippen LogP contribution in [-0.2, 0) is 14.3 Å². The van der Waals surface area contributed by atoms with Crippen LogP contribution in [0.15, 0.2) is 22.7 Å². The summed E-state index contributed by atoms with van der Waals surface area (Å²) in [6, 6.07) is 5.64. The summed E-state index contributed by atoms with van der Waals surface area (Å²) in [5.41, 5.74) is 1.82. The number of methoxy groups -OCH3 is 1. The predicted octanol–water partition coefficient (Wildman–Crippen LogP) is 2.44. The van der Waals surface area contributed by atoms with Crippen LogP contribution in [0.25, 0.3) is 0 Å². The second kappa shape index (κ2) is 8.14. The Morgan fingerprint density at radius 1 is 1.43 bits per heavy atom. The summed E-state index contributed by atoms with van der Waals surface area (Å²) < 4.78 is 5.67. The number of hydrogen-bond donors (Lipinski definition) is 1. The van der Waals surface area contributed by atoms with Gasteiger partial charge >= 0.3 is 5.97 Å². The first-order valence-corrected chi connectivity index (χ1v) is 7.45. The summed E-state index contributed by atoms with van der Waals surface area (Å²) in [5, 5.41) is 2.84. The van der Waals surface area contributed by atoms with Gasteiger partial charge in [0.05, 0.1) is 19.6 Å². The second-order valence-electron chi connectivity index (χ2n) is 5.13. The van der Waals surface area contributed by atoms with E-state index in [9.17, 15) is 9.59 Å². The monoisotopic (exact) mass is 356 g/mol. The fourth-order valence-electron chi connectivity index (χ4n) is 1.98. The van der Waals surface area contributed by atoms with Crippen molar-refractivity contribution in [3.63, 3.8) is 0 Å². The Balaban J connectivity index is 2.49.